The van der Waals surface area contributed by atoms with Crippen molar-refractivity contribution in [2.24, 2.45) is 13.0 Å². The number of aliphatic hydroxyl groups excluding tert-OH is 1. The van der Waals surface area contributed by atoms with Gasteiger partial charge >= 0.3 is 6.18 Å². The number of nitrogens with zero attached hydrogens (tertiary/aromatic N) is 5. The molecule has 0 unspecified atom stereocenters. The first-order chi connectivity index (χ1) is 31.3. The molecular formula is C47H53Cl2F4N7O6. The number of alkyl halides is 3. The van der Waals surface area contributed by atoms with E-state index in [1.807, 2.05) is 11.6 Å². The van der Waals surface area contributed by atoms with Crippen LogP contribution >= 0.6 is 23.2 Å². The molecule has 3 heterocycles. The minimum absolute atomic E-state index is 0.0403. The van der Waals surface area contributed by atoms with Crippen molar-refractivity contribution in [1.29, 1.82) is 0 Å². The minimum atomic E-state index is -4.89. The van der Waals surface area contributed by atoms with Crippen molar-refractivity contribution in [3.8, 4) is 22.8 Å². The van der Waals surface area contributed by atoms with Crippen LogP contribution in [-0.2, 0) is 45.7 Å². The molecule has 0 radical (unpaired) electrons. The quantitative estimate of drug-likeness (QED) is 0.126. The Morgan fingerprint density at radius 1 is 0.985 bits per heavy atom. The number of nitrogens with one attached hydrogen (secondary N) is 2. The van der Waals surface area contributed by atoms with Crippen LogP contribution in [0.3, 0.4) is 0 Å². The van der Waals surface area contributed by atoms with Gasteiger partial charge in [0.1, 0.15) is 35.2 Å². The molecule has 1 aromatic heterocycles. The highest BCUT2D eigenvalue weighted by Gasteiger charge is 2.45. The molecule has 4 amide bonds. The molecule has 13 nitrogen and oxygen atoms in total. The van der Waals surface area contributed by atoms with Crippen molar-refractivity contribution in [2.75, 3.05) is 26.7 Å². The summed E-state index contributed by atoms with van der Waals surface area (Å²) in [5.74, 6) is -5.77. The number of benzene rings is 3. The van der Waals surface area contributed by atoms with E-state index in [2.05, 4.69) is 27.6 Å². The maximum atomic E-state index is 16.1. The number of aromatic nitrogens is 2. The van der Waals surface area contributed by atoms with E-state index < -0.39 is 85.2 Å². The topological polar surface area (TPSA) is 149 Å². The number of halogens is 6. The van der Waals surface area contributed by atoms with Gasteiger partial charge < -0.3 is 34.8 Å². The Morgan fingerprint density at radius 2 is 1.70 bits per heavy atom. The number of aliphatic hydroxyl groups is 1. The van der Waals surface area contributed by atoms with Crippen molar-refractivity contribution in [2.45, 2.75) is 101 Å². The van der Waals surface area contributed by atoms with Gasteiger partial charge in [0.15, 0.2) is 0 Å². The molecular weight excluding hydrogens is 905 g/mol. The fourth-order valence-corrected chi connectivity index (χ4v) is 9.31. The summed E-state index contributed by atoms with van der Waals surface area (Å²) < 4.78 is 67.2. The molecule has 19 heteroatoms. The van der Waals surface area contributed by atoms with Gasteiger partial charge in [-0.15, -0.1) is 0 Å². The Bertz CT molecular complexity index is 2420. The smallest absolute Gasteiger partial charge is 0.389 e. The Labute approximate surface area is 390 Å². The molecule has 2 aliphatic heterocycles. The Morgan fingerprint density at radius 3 is 2.35 bits per heavy atom. The zero-order valence-electron chi connectivity index (χ0n) is 36.8. The van der Waals surface area contributed by atoms with Gasteiger partial charge in [-0.2, -0.15) is 13.2 Å². The number of ether oxygens (including phenoxy) is 1. The molecule has 3 N–H and O–H groups in total. The highest BCUT2D eigenvalue weighted by Crippen LogP contribution is 2.36. The van der Waals surface area contributed by atoms with Crippen molar-refractivity contribution in [3.05, 3.63) is 99.7 Å². The number of imidazole rings is 1. The second-order valence-electron chi connectivity index (χ2n) is 17.7. The number of hydrogen-bond donors (Lipinski definition) is 3. The molecule has 1 aliphatic carbocycles. The van der Waals surface area contributed by atoms with Gasteiger partial charge in [-0.25, -0.2) is 9.37 Å². The van der Waals surface area contributed by atoms with Crippen LogP contribution in [0.1, 0.15) is 68.8 Å². The Kier molecular flexibility index (Phi) is 15.0. The number of rotatable bonds is 12. The lowest BCUT2D eigenvalue weighted by atomic mass is 9.82. The Hall–Kier alpha value is -5.23. The van der Waals surface area contributed by atoms with Crippen LogP contribution in [0.4, 0.5) is 17.6 Å². The van der Waals surface area contributed by atoms with Crippen LogP contribution in [0.5, 0.6) is 11.5 Å². The summed E-state index contributed by atoms with van der Waals surface area (Å²) in [4.78, 5) is 65.6. The van der Waals surface area contributed by atoms with E-state index in [0.29, 0.717) is 29.6 Å². The van der Waals surface area contributed by atoms with Crippen LogP contribution in [0.15, 0.2) is 66.9 Å². The Balaban J connectivity index is 1.18. The van der Waals surface area contributed by atoms with Gasteiger partial charge in [0.25, 0.3) is 0 Å². The average molecular weight is 959 g/mol. The molecule has 0 spiro atoms. The van der Waals surface area contributed by atoms with E-state index in [0.717, 1.165) is 40.9 Å². The maximum Gasteiger partial charge on any atom is 0.389 e. The third-order valence-corrected chi connectivity index (χ3v) is 13.4. The molecule has 4 aromatic rings. The van der Waals surface area contributed by atoms with E-state index in [4.69, 9.17) is 27.9 Å². The fraction of sp³-hybridized carbons (Fsp3) is 0.468. The van der Waals surface area contributed by atoms with Crippen molar-refractivity contribution < 1.29 is 46.6 Å². The van der Waals surface area contributed by atoms with E-state index in [1.54, 1.807) is 54.7 Å². The van der Waals surface area contributed by atoms with Crippen LogP contribution in [0.25, 0.3) is 11.3 Å². The highest BCUT2D eigenvalue weighted by molar-refractivity contribution is 6.31. The van der Waals surface area contributed by atoms with E-state index in [1.165, 1.54) is 24.3 Å². The number of hydrogen-bond acceptors (Lipinski definition) is 8. The van der Waals surface area contributed by atoms with E-state index in [9.17, 15) is 37.5 Å². The second-order valence-corrected chi connectivity index (χ2v) is 18.6. The summed E-state index contributed by atoms with van der Waals surface area (Å²) in [6.45, 7) is 0.148. The van der Waals surface area contributed by atoms with Gasteiger partial charge in [0.2, 0.25) is 23.6 Å². The monoisotopic (exact) mass is 957 g/mol. The van der Waals surface area contributed by atoms with Gasteiger partial charge in [-0.05, 0) is 100 Å². The number of carbonyl (C=O) groups excluding carboxylic acids is 4. The third-order valence-electron chi connectivity index (χ3n) is 13.0. The molecule has 3 aromatic carbocycles. The van der Waals surface area contributed by atoms with Crippen molar-refractivity contribution in [1.82, 2.24) is 34.9 Å². The van der Waals surface area contributed by atoms with E-state index in [-0.39, 0.29) is 48.0 Å². The molecule has 3 fully saturated rings. The lowest BCUT2D eigenvalue weighted by Crippen LogP contribution is -2.65. The standard InChI is InChI=1S/C47H53Cl2F4N7O6/c1-28-43(63)55-38(26-61)44(64)56-46(21-29-8-12-32(48)13-9-29)16-5-17-59(27-46)45(65)31(22-47(51,52)53)18-42(62)60(28)24-36-37(50)19-33(49)20-40(36)66-35-14-10-30(11-15-35)39-23-54-41(58(39)3)25-57(2)34-6-4-7-34/h8-15,19-20,23,28,31,34,38,61H,4-7,16-18,21-22,24-27H2,1-3H3,(H,55,63)(H,56,64)/t28-,31-,38-,46+/m0/s1. The lowest BCUT2D eigenvalue weighted by molar-refractivity contribution is -0.164. The first-order valence-corrected chi connectivity index (χ1v) is 22.7. The first kappa shape index (κ1) is 48.7. The number of fused-ring (bicyclic) bond motifs is 2. The van der Waals surface area contributed by atoms with Gasteiger partial charge in [0.05, 0.1) is 49.5 Å². The zero-order valence-corrected chi connectivity index (χ0v) is 38.4. The molecule has 66 heavy (non-hydrogen) atoms. The predicted molar refractivity (Wildman–Crippen MR) is 239 cm³/mol. The molecule has 2 bridgehead atoms. The minimum Gasteiger partial charge on any atom is -0.457 e. The lowest BCUT2D eigenvalue weighted by Gasteiger charge is -2.45. The largest absolute Gasteiger partial charge is 0.457 e. The summed E-state index contributed by atoms with van der Waals surface area (Å²) in [5.41, 5.74) is 0.853. The summed E-state index contributed by atoms with van der Waals surface area (Å²) in [5, 5.41) is 16.2. The van der Waals surface area contributed by atoms with E-state index >= 15 is 4.39 Å². The van der Waals surface area contributed by atoms with Crippen molar-refractivity contribution >= 4 is 46.8 Å². The van der Waals surface area contributed by atoms with Gasteiger partial charge in [0, 0.05) is 53.8 Å². The van der Waals surface area contributed by atoms with Crippen LogP contribution in [0.2, 0.25) is 10.0 Å². The average Bonchev–Trinajstić information content (AvgIpc) is 3.59. The number of amides is 4. The van der Waals surface area contributed by atoms with Crippen LogP contribution in [-0.4, -0.2) is 110 Å². The molecule has 7 rings (SSSR count). The van der Waals surface area contributed by atoms with Crippen LogP contribution < -0.4 is 15.4 Å². The van der Waals surface area contributed by atoms with Crippen molar-refractivity contribution in [3.63, 3.8) is 0 Å². The summed E-state index contributed by atoms with van der Waals surface area (Å²) in [6.07, 6.45) is -1.51. The molecule has 354 valence electrons. The molecule has 4 atom stereocenters. The molecule has 2 saturated heterocycles. The number of carbonyl (C=O) groups is 4. The van der Waals surface area contributed by atoms with Crippen LogP contribution in [0, 0.1) is 11.7 Å². The first-order valence-electron chi connectivity index (χ1n) is 21.9. The maximum absolute atomic E-state index is 16.1. The highest BCUT2D eigenvalue weighted by atomic mass is 35.5. The second kappa shape index (κ2) is 20.3. The normalized spacial score (nSPS) is 22.5. The number of piperidine rings is 1. The van der Waals surface area contributed by atoms with Gasteiger partial charge in [-0.3, -0.25) is 24.1 Å². The fourth-order valence-electron chi connectivity index (χ4n) is 8.99. The molecule has 1 saturated carbocycles. The predicted octanol–water partition coefficient (Wildman–Crippen LogP) is 7.20. The zero-order chi connectivity index (χ0) is 47.5. The summed E-state index contributed by atoms with van der Waals surface area (Å²) in [7, 11) is 4.02. The molecule has 3 aliphatic rings. The third kappa shape index (κ3) is 11.5. The summed E-state index contributed by atoms with van der Waals surface area (Å²) >= 11 is 12.4. The SMILES string of the molecule is C[C@H]1C(=O)N[C@@H](CO)C(=O)N[C@@]2(Cc3ccc(Cl)cc3)CCCN(C2)C(=O)[C@H](CC(F)(F)F)CC(=O)N1Cc1c(F)cc(Cl)cc1Oc1ccc(-c2cnc(CN(C)C3CCC3)n2C)cc1. The van der Waals surface area contributed by atoms with Gasteiger partial charge in [-0.1, -0.05) is 41.8 Å². The summed E-state index contributed by atoms with van der Waals surface area (Å²) in [6, 6.07) is 13.2.